The second-order valence-corrected chi connectivity index (χ2v) is 4.83. The zero-order valence-corrected chi connectivity index (χ0v) is 9.58. The molecule has 0 heterocycles. The van der Waals surface area contributed by atoms with Gasteiger partial charge in [0.2, 0.25) is 0 Å². The highest BCUT2D eigenvalue weighted by atomic mass is 19.1. The number of carbonyl (C=O) groups is 1. The first-order valence-electron chi connectivity index (χ1n) is 5.96. The third kappa shape index (κ3) is 2.49. The van der Waals surface area contributed by atoms with E-state index in [1.54, 1.807) is 12.1 Å². The van der Waals surface area contributed by atoms with E-state index in [1.165, 1.54) is 12.1 Å². The highest BCUT2D eigenvalue weighted by molar-refractivity contribution is 5.97. The molecule has 0 amide bonds. The van der Waals surface area contributed by atoms with Crippen molar-refractivity contribution >= 4 is 5.78 Å². The standard InChI is InChI=1S/C14H17FO/c1-10-2-4-11(5-3-10)14(16)12-6-8-13(15)9-7-12/h6-11H,2-5H2,1H3. The SMILES string of the molecule is CC1CCC(C(=O)c2ccc(F)cc2)CC1. The molecule has 0 aromatic heterocycles. The van der Waals surface area contributed by atoms with Crippen molar-refractivity contribution in [1.82, 2.24) is 0 Å². The fourth-order valence-electron chi connectivity index (χ4n) is 2.37. The van der Waals surface area contributed by atoms with E-state index in [0.29, 0.717) is 5.56 Å². The average Bonchev–Trinajstić information content (AvgIpc) is 2.30. The molecule has 1 aromatic carbocycles. The van der Waals surface area contributed by atoms with E-state index in [4.69, 9.17) is 0 Å². The monoisotopic (exact) mass is 220 g/mol. The highest BCUT2D eigenvalue weighted by Crippen LogP contribution is 2.30. The maximum absolute atomic E-state index is 12.7. The van der Waals surface area contributed by atoms with Crippen molar-refractivity contribution in [1.29, 1.82) is 0 Å². The maximum Gasteiger partial charge on any atom is 0.165 e. The van der Waals surface area contributed by atoms with Gasteiger partial charge in [-0.3, -0.25) is 4.79 Å². The third-order valence-corrected chi connectivity index (χ3v) is 3.52. The molecule has 16 heavy (non-hydrogen) atoms. The molecule has 2 heteroatoms. The molecule has 0 N–H and O–H groups in total. The molecule has 1 saturated carbocycles. The van der Waals surface area contributed by atoms with Crippen molar-refractivity contribution in [2.45, 2.75) is 32.6 Å². The largest absolute Gasteiger partial charge is 0.294 e. The first-order chi connectivity index (χ1) is 7.66. The number of ketones is 1. The van der Waals surface area contributed by atoms with Crippen LogP contribution in [0.3, 0.4) is 0 Å². The Balaban J connectivity index is 2.05. The van der Waals surface area contributed by atoms with Crippen LogP contribution in [-0.2, 0) is 0 Å². The molecule has 86 valence electrons. The van der Waals surface area contributed by atoms with E-state index in [-0.39, 0.29) is 17.5 Å². The Kier molecular flexibility index (Phi) is 3.37. The fourth-order valence-corrected chi connectivity index (χ4v) is 2.37. The lowest BCUT2D eigenvalue weighted by Gasteiger charge is -2.25. The van der Waals surface area contributed by atoms with Crippen molar-refractivity contribution in [3.63, 3.8) is 0 Å². The molecular weight excluding hydrogens is 203 g/mol. The van der Waals surface area contributed by atoms with E-state index in [9.17, 15) is 9.18 Å². The molecule has 0 atom stereocenters. The quantitative estimate of drug-likeness (QED) is 0.692. The molecule has 0 spiro atoms. The van der Waals surface area contributed by atoms with Crippen LogP contribution in [-0.4, -0.2) is 5.78 Å². The summed E-state index contributed by atoms with van der Waals surface area (Å²) in [5.74, 6) is 0.805. The number of halogens is 1. The minimum atomic E-state index is -0.284. The summed E-state index contributed by atoms with van der Waals surface area (Å²) >= 11 is 0. The van der Waals surface area contributed by atoms with Crippen molar-refractivity contribution in [2.75, 3.05) is 0 Å². The van der Waals surface area contributed by atoms with Gasteiger partial charge in [0.15, 0.2) is 5.78 Å². The van der Waals surface area contributed by atoms with Gasteiger partial charge >= 0.3 is 0 Å². The highest BCUT2D eigenvalue weighted by Gasteiger charge is 2.24. The van der Waals surface area contributed by atoms with Crippen LogP contribution in [0.2, 0.25) is 0 Å². The normalized spacial score (nSPS) is 25.4. The molecule has 1 aliphatic rings. The van der Waals surface area contributed by atoms with Gasteiger partial charge in [0.25, 0.3) is 0 Å². The second-order valence-electron chi connectivity index (χ2n) is 4.83. The predicted molar refractivity (Wildman–Crippen MR) is 61.9 cm³/mol. The topological polar surface area (TPSA) is 17.1 Å². The Hall–Kier alpha value is -1.18. The van der Waals surface area contributed by atoms with Crippen LogP contribution >= 0.6 is 0 Å². The van der Waals surface area contributed by atoms with Crippen molar-refractivity contribution in [3.8, 4) is 0 Å². The molecular formula is C14H17FO. The van der Waals surface area contributed by atoms with Gasteiger partial charge in [0.1, 0.15) is 5.82 Å². The number of hydrogen-bond acceptors (Lipinski definition) is 1. The van der Waals surface area contributed by atoms with Crippen molar-refractivity contribution in [3.05, 3.63) is 35.6 Å². The zero-order valence-electron chi connectivity index (χ0n) is 9.58. The fraction of sp³-hybridized carbons (Fsp3) is 0.500. The minimum absolute atomic E-state index is 0.154. The minimum Gasteiger partial charge on any atom is -0.294 e. The summed E-state index contributed by atoms with van der Waals surface area (Å²) in [7, 11) is 0. The van der Waals surface area contributed by atoms with E-state index in [2.05, 4.69) is 6.92 Å². The lowest BCUT2D eigenvalue weighted by Crippen LogP contribution is -2.20. The van der Waals surface area contributed by atoms with Crippen molar-refractivity contribution in [2.24, 2.45) is 11.8 Å². The van der Waals surface area contributed by atoms with Gasteiger partial charge in [0, 0.05) is 11.5 Å². The smallest absolute Gasteiger partial charge is 0.165 e. The Morgan fingerprint density at radius 3 is 2.25 bits per heavy atom. The summed E-state index contributed by atoms with van der Waals surface area (Å²) < 4.78 is 12.7. The zero-order chi connectivity index (χ0) is 11.5. The molecule has 0 bridgehead atoms. The second kappa shape index (κ2) is 4.77. The van der Waals surface area contributed by atoms with E-state index in [0.717, 1.165) is 31.6 Å². The van der Waals surface area contributed by atoms with Crippen molar-refractivity contribution < 1.29 is 9.18 Å². The Bertz CT molecular complexity index is 361. The van der Waals surface area contributed by atoms with E-state index >= 15 is 0 Å². The van der Waals surface area contributed by atoms with E-state index < -0.39 is 0 Å². The molecule has 2 rings (SSSR count). The summed E-state index contributed by atoms with van der Waals surface area (Å²) in [5, 5.41) is 0. The summed E-state index contributed by atoms with van der Waals surface area (Å²) in [4.78, 5) is 12.1. The predicted octanol–water partition coefficient (Wildman–Crippen LogP) is 3.83. The maximum atomic E-state index is 12.7. The van der Waals surface area contributed by atoms with Crippen LogP contribution in [0, 0.1) is 17.7 Å². The summed E-state index contributed by atoms with van der Waals surface area (Å²) in [6, 6.07) is 5.91. The van der Waals surface area contributed by atoms with Crippen LogP contribution in [0.5, 0.6) is 0 Å². The first kappa shape index (κ1) is 11.3. The molecule has 0 unspecified atom stereocenters. The molecule has 0 saturated heterocycles. The van der Waals surface area contributed by atoms with Crippen LogP contribution in [0.15, 0.2) is 24.3 Å². The first-order valence-corrected chi connectivity index (χ1v) is 5.96. The summed E-state index contributed by atoms with van der Waals surface area (Å²) in [5.41, 5.74) is 0.654. The summed E-state index contributed by atoms with van der Waals surface area (Å²) in [6.07, 6.45) is 4.24. The molecule has 0 aliphatic heterocycles. The molecule has 0 radical (unpaired) electrons. The van der Waals surface area contributed by atoms with Crippen LogP contribution in [0.1, 0.15) is 43.0 Å². The van der Waals surface area contributed by atoms with Gasteiger partial charge in [-0.15, -0.1) is 0 Å². The Labute approximate surface area is 95.7 Å². The van der Waals surface area contributed by atoms with Gasteiger partial charge in [-0.25, -0.2) is 4.39 Å². The number of Topliss-reactive ketones (excluding diaryl/α,β-unsaturated/α-hetero) is 1. The number of hydrogen-bond donors (Lipinski definition) is 0. The van der Waals surface area contributed by atoms with Gasteiger partial charge in [-0.2, -0.15) is 0 Å². The van der Waals surface area contributed by atoms with Gasteiger partial charge in [-0.1, -0.05) is 19.8 Å². The number of benzene rings is 1. The molecule has 1 aliphatic carbocycles. The number of carbonyl (C=O) groups excluding carboxylic acids is 1. The molecule has 1 fully saturated rings. The lowest BCUT2D eigenvalue weighted by atomic mass is 9.79. The van der Waals surface area contributed by atoms with Gasteiger partial charge < -0.3 is 0 Å². The Morgan fingerprint density at radius 1 is 1.12 bits per heavy atom. The van der Waals surface area contributed by atoms with Gasteiger partial charge in [0.05, 0.1) is 0 Å². The van der Waals surface area contributed by atoms with E-state index in [1.807, 2.05) is 0 Å². The van der Waals surface area contributed by atoms with Crippen LogP contribution in [0.4, 0.5) is 4.39 Å². The van der Waals surface area contributed by atoms with Crippen LogP contribution < -0.4 is 0 Å². The van der Waals surface area contributed by atoms with Gasteiger partial charge in [-0.05, 0) is 43.0 Å². The Morgan fingerprint density at radius 2 is 1.69 bits per heavy atom. The average molecular weight is 220 g/mol. The van der Waals surface area contributed by atoms with Crippen LogP contribution in [0.25, 0.3) is 0 Å². The molecule has 1 nitrogen and oxygen atoms in total. The summed E-state index contributed by atoms with van der Waals surface area (Å²) in [6.45, 7) is 2.23. The third-order valence-electron chi connectivity index (χ3n) is 3.52. The molecule has 1 aromatic rings. The number of rotatable bonds is 2. The lowest BCUT2D eigenvalue weighted by molar-refractivity contribution is 0.0875.